The summed E-state index contributed by atoms with van der Waals surface area (Å²) in [6.45, 7) is 4.14. The molecule has 0 fully saturated rings. The van der Waals surface area contributed by atoms with Crippen molar-refractivity contribution in [1.29, 1.82) is 0 Å². The Morgan fingerprint density at radius 3 is 1.29 bits per heavy atom. The fraction of sp³-hybridized carbons (Fsp3) is 0.821. The molecule has 0 saturated carbocycles. The predicted molar refractivity (Wildman–Crippen MR) is 277 cm³/mol. The van der Waals surface area contributed by atoms with Crippen molar-refractivity contribution in [2.75, 3.05) is 47.5 Å². The van der Waals surface area contributed by atoms with Crippen LogP contribution in [0.5, 0.6) is 0 Å². The Hall–Kier alpha value is -2.03. The maximum absolute atomic E-state index is 12.7. The van der Waals surface area contributed by atoms with Gasteiger partial charge in [-0.15, -0.1) is 0 Å². The molecule has 0 N–H and O–H groups in total. The molecule has 9 nitrogen and oxygen atoms in total. The van der Waals surface area contributed by atoms with Crippen molar-refractivity contribution in [2.24, 2.45) is 0 Å². The van der Waals surface area contributed by atoms with E-state index < -0.39 is 26.5 Å². The van der Waals surface area contributed by atoms with E-state index in [1.54, 1.807) is 0 Å². The Bertz CT molecular complexity index is 1260. The third-order valence-electron chi connectivity index (χ3n) is 11.9. The Labute approximate surface area is 407 Å². The maximum Gasteiger partial charge on any atom is 0.306 e. The Balaban J connectivity index is 4.01. The molecule has 0 rings (SSSR count). The van der Waals surface area contributed by atoms with Gasteiger partial charge in [0, 0.05) is 12.8 Å². The maximum atomic E-state index is 12.7. The number of unbranched alkanes of at least 4 members (excludes halogenated alkanes) is 28. The third-order valence-corrected chi connectivity index (χ3v) is 12.8. The largest absolute Gasteiger partial charge is 0.756 e. The lowest BCUT2D eigenvalue weighted by Gasteiger charge is -2.28. The third kappa shape index (κ3) is 51.4. The van der Waals surface area contributed by atoms with Gasteiger partial charge >= 0.3 is 11.9 Å². The van der Waals surface area contributed by atoms with Crippen molar-refractivity contribution in [3.63, 3.8) is 0 Å². The van der Waals surface area contributed by atoms with E-state index in [4.69, 9.17) is 18.5 Å². The second-order valence-corrected chi connectivity index (χ2v) is 21.0. The molecule has 0 aliphatic heterocycles. The second-order valence-electron chi connectivity index (χ2n) is 19.6. The average molecular weight is 950 g/mol. The van der Waals surface area contributed by atoms with Gasteiger partial charge in [0.1, 0.15) is 19.8 Å². The van der Waals surface area contributed by atoms with Crippen LogP contribution in [0.4, 0.5) is 0 Å². The first-order valence-corrected chi connectivity index (χ1v) is 28.8. The highest BCUT2D eigenvalue weighted by molar-refractivity contribution is 7.45. The van der Waals surface area contributed by atoms with Gasteiger partial charge in [-0.3, -0.25) is 14.2 Å². The molecule has 66 heavy (non-hydrogen) atoms. The Kier molecular flexibility index (Phi) is 46.5. The van der Waals surface area contributed by atoms with Gasteiger partial charge in [0.2, 0.25) is 0 Å². The molecule has 0 amide bonds. The molecule has 0 heterocycles. The molecule has 2 atom stereocenters. The molecule has 0 aliphatic rings. The number of phosphoric ester groups is 1. The SMILES string of the molecule is CC/C=C\C/C=C\C/C=C\C/C=C\CCCCCCCCCCCCCCCCCCCCC(=O)OC(COC(=O)CCCCCCCCCCCCC)COP(=O)([O-])OCC[N+](C)(C)C. The van der Waals surface area contributed by atoms with Crippen LogP contribution >= 0.6 is 7.82 Å². The number of allylic oxidation sites excluding steroid dienone is 8. The number of hydrogen-bond donors (Lipinski definition) is 0. The molecule has 0 radical (unpaired) electrons. The predicted octanol–water partition coefficient (Wildman–Crippen LogP) is 16.0. The van der Waals surface area contributed by atoms with E-state index in [0.717, 1.165) is 64.2 Å². The first-order valence-electron chi connectivity index (χ1n) is 27.3. The van der Waals surface area contributed by atoms with Gasteiger partial charge < -0.3 is 27.9 Å². The number of likely N-dealkylation sites (N-methyl/N-ethyl adjacent to an activating group) is 1. The number of carbonyl (C=O) groups excluding carboxylic acids is 2. The normalized spacial score (nSPS) is 13.7. The fourth-order valence-electron chi connectivity index (χ4n) is 7.65. The first kappa shape index (κ1) is 64.0. The molecule has 0 aromatic rings. The summed E-state index contributed by atoms with van der Waals surface area (Å²) in [6, 6.07) is 0. The first-order chi connectivity index (χ1) is 32.0. The van der Waals surface area contributed by atoms with Crippen molar-refractivity contribution in [1.82, 2.24) is 0 Å². The Morgan fingerprint density at radius 2 is 0.864 bits per heavy atom. The lowest BCUT2D eigenvalue weighted by Crippen LogP contribution is -2.37. The summed E-state index contributed by atoms with van der Waals surface area (Å²) in [6.07, 6.45) is 58.8. The standard InChI is InChI=1S/C56H104NO8P/c1-6-8-10-12-14-16-18-19-20-21-22-23-24-25-26-27-28-29-30-31-32-33-34-35-36-37-39-41-43-45-47-49-56(59)65-54(53-64-66(60,61)63-51-50-57(3,4)5)52-62-55(58)48-46-44-42-40-38-17-15-13-11-9-7-2/h8,10,14,16,19-20,22-23,54H,6-7,9,11-13,15,17-18,21,24-53H2,1-5H3/b10-8-,16-14-,20-19-,23-22-. The zero-order valence-electron chi connectivity index (χ0n) is 43.6. The number of ether oxygens (including phenoxy) is 2. The van der Waals surface area contributed by atoms with Gasteiger partial charge in [0.05, 0.1) is 27.7 Å². The summed E-state index contributed by atoms with van der Waals surface area (Å²) < 4.78 is 34.0. The zero-order valence-corrected chi connectivity index (χ0v) is 44.5. The summed E-state index contributed by atoms with van der Waals surface area (Å²) in [7, 11) is 1.17. The highest BCUT2D eigenvalue weighted by Gasteiger charge is 2.21. The minimum atomic E-state index is -4.63. The molecule has 0 aromatic heterocycles. The number of rotatable bonds is 50. The van der Waals surface area contributed by atoms with Crippen molar-refractivity contribution in [3.05, 3.63) is 48.6 Å². The number of nitrogens with zero attached hydrogens (tertiary/aromatic N) is 1. The number of phosphoric acid groups is 1. The molecule has 0 saturated heterocycles. The highest BCUT2D eigenvalue weighted by Crippen LogP contribution is 2.38. The highest BCUT2D eigenvalue weighted by atomic mass is 31.2. The van der Waals surface area contributed by atoms with Gasteiger partial charge in [-0.1, -0.05) is 229 Å². The minimum Gasteiger partial charge on any atom is -0.756 e. The van der Waals surface area contributed by atoms with Crippen molar-refractivity contribution < 1.29 is 42.1 Å². The van der Waals surface area contributed by atoms with Gasteiger partial charge in [0.15, 0.2) is 6.10 Å². The number of carbonyl (C=O) groups is 2. The lowest BCUT2D eigenvalue weighted by atomic mass is 10.0. The summed E-state index contributed by atoms with van der Waals surface area (Å²) in [5.74, 6) is -0.825. The van der Waals surface area contributed by atoms with Gasteiger partial charge in [-0.25, -0.2) is 0 Å². The van der Waals surface area contributed by atoms with Crippen LogP contribution in [0, 0.1) is 0 Å². The van der Waals surface area contributed by atoms with Crippen LogP contribution in [0.2, 0.25) is 0 Å². The Morgan fingerprint density at radius 1 is 0.485 bits per heavy atom. The van der Waals surface area contributed by atoms with Crippen molar-refractivity contribution >= 4 is 19.8 Å². The van der Waals surface area contributed by atoms with E-state index in [-0.39, 0.29) is 32.0 Å². The van der Waals surface area contributed by atoms with Crippen LogP contribution in [0.1, 0.15) is 245 Å². The summed E-state index contributed by atoms with van der Waals surface area (Å²) in [5, 5.41) is 0. The molecule has 0 aromatic carbocycles. The van der Waals surface area contributed by atoms with E-state index in [2.05, 4.69) is 62.5 Å². The van der Waals surface area contributed by atoms with E-state index in [9.17, 15) is 19.0 Å². The summed E-state index contributed by atoms with van der Waals surface area (Å²) in [4.78, 5) is 37.7. The van der Waals surface area contributed by atoms with Crippen LogP contribution in [0.15, 0.2) is 48.6 Å². The minimum absolute atomic E-state index is 0.0290. The molecule has 0 spiro atoms. The molecule has 10 heteroatoms. The fourth-order valence-corrected chi connectivity index (χ4v) is 8.38. The van der Waals surface area contributed by atoms with Gasteiger partial charge in [-0.05, 0) is 51.4 Å². The number of hydrogen-bond acceptors (Lipinski definition) is 8. The smallest absolute Gasteiger partial charge is 0.306 e. The van der Waals surface area contributed by atoms with E-state index >= 15 is 0 Å². The van der Waals surface area contributed by atoms with Gasteiger partial charge in [0.25, 0.3) is 7.82 Å². The van der Waals surface area contributed by atoms with Gasteiger partial charge in [-0.2, -0.15) is 0 Å². The van der Waals surface area contributed by atoms with Crippen LogP contribution < -0.4 is 4.89 Å². The second kappa shape index (κ2) is 48.0. The number of quaternary nitrogens is 1. The quantitative estimate of drug-likeness (QED) is 0.0195. The summed E-state index contributed by atoms with van der Waals surface area (Å²) in [5.41, 5.74) is 0. The molecule has 386 valence electrons. The molecule has 0 bridgehead atoms. The van der Waals surface area contributed by atoms with E-state index in [1.807, 2.05) is 21.1 Å². The van der Waals surface area contributed by atoms with Crippen molar-refractivity contribution in [2.45, 2.75) is 251 Å². The topological polar surface area (TPSA) is 111 Å². The average Bonchev–Trinajstić information content (AvgIpc) is 3.27. The van der Waals surface area contributed by atoms with E-state index in [1.165, 1.54) is 148 Å². The van der Waals surface area contributed by atoms with Crippen molar-refractivity contribution in [3.8, 4) is 0 Å². The summed E-state index contributed by atoms with van der Waals surface area (Å²) >= 11 is 0. The monoisotopic (exact) mass is 950 g/mol. The van der Waals surface area contributed by atoms with Crippen LogP contribution in [-0.2, 0) is 32.7 Å². The number of esters is 2. The van der Waals surface area contributed by atoms with E-state index in [0.29, 0.717) is 17.4 Å². The molecular formula is C56H104NO8P. The van der Waals surface area contributed by atoms with Crippen LogP contribution in [0.3, 0.4) is 0 Å². The lowest BCUT2D eigenvalue weighted by molar-refractivity contribution is -0.870. The van der Waals surface area contributed by atoms with Crippen LogP contribution in [0.25, 0.3) is 0 Å². The van der Waals surface area contributed by atoms with Crippen LogP contribution in [-0.4, -0.2) is 70.0 Å². The molecule has 0 aliphatic carbocycles. The molecular weight excluding hydrogens is 846 g/mol. The molecule has 2 unspecified atom stereocenters. The zero-order chi connectivity index (χ0) is 48.5.